The second-order valence-electron chi connectivity index (χ2n) is 7.32. The molecule has 2 amide bonds. The van der Waals surface area contributed by atoms with Crippen molar-refractivity contribution >= 4 is 35.6 Å². The monoisotopic (exact) mass is 405 g/mol. The first-order valence-electron chi connectivity index (χ1n) is 8.91. The fourth-order valence-corrected chi connectivity index (χ4v) is 2.32. The van der Waals surface area contributed by atoms with Gasteiger partial charge in [-0.15, -0.1) is 12.4 Å². The highest BCUT2D eigenvalue weighted by molar-refractivity contribution is 6.04. The number of nitrogens with two attached hydrogens (primary N) is 1. The van der Waals surface area contributed by atoms with Gasteiger partial charge < -0.3 is 21.1 Å². The summed E-state index contributed by atoms with van der Waals surface area (Å²) in [6, 6.07) is 13.2. The van der Waals surface area contributed by atoms with Crippen LogP contribution in [0.1, 0.15) is 38.1 Å². The van der Waals surface area contributed by atoms with E-state index in [9.17, 15) is 9.59 Å². The van der Waals surface area contributed by atoms with Crippen LogP contribution in [0.25, 0.3) is 0 Å². The number of carbonyl (C=O) groups excluding carboxylic acids is 2. The molecule has 0 aliphatic carbocycles. The average Bonchev–Trinajstić information content (AvgIpc) is 2.62. The van der Waals surface area contributed by atoms with Crippen molar-refractivity contribution in [2.45, 2.75) is 33.7 Å². The van der Waals surface area contributed by atoms with Gasteiger partial charge in [-0.05, 0) is 60.9 Å². The van der Waals surface area contributed by atoms with E-state index in [4.69, 9.17) is 10.5 Å². The zero-order valence-electron chi connectivity index (χ0n) is 16.6. The Balaban J connectivity index is 0.00000392. The normalized spacial score (nSPS) is 11.8. The highest BCUT2D eigenvalue weighted by Gasteiger charge is 2.27. The molecule has 2 aromatic rings. The Bertz CT molecular complexity index is 784. The molecule has 0 saturated heterocycles. The van der Waals surface area contributed by atoms with Crippen molar-refractivity contribution in [3.63, 3.8) is 0 Å². The molecule has 0 radical (unpaired) electrons. The van der Waals surface area contributed by atoms with Crippen LogP contribution in [0.4, 0.5) is 11.4 Å². The van der Waals surface area contributed by atoms with Crippen LogP contribution in [0.3, 0.4) is 0 Å². The van der Waals surface area contributed by atoms with Crippen LogP contribution in [0, 0.1) is 5.41 Å². The van der Waals surface area contributed by atoms with Crippen LogP contribution in [0.5, 0.6) is 5.75 Å². The smallest absolute Gasteiger partial charge is 0.255 e. The SMILES string of the molecule is CCOc1ccc(NC(=O)c2ccc(NC(=O)[C@@H](N)C(C)(C)C)cc2)cc1.Cl. The Morgan fingerprint density at radius 3 is 1.96 bits per heavy atom. The molecule has 2 aromatic carbocycles. The van der Waals surface area contributed by atoms with Gasteiger partial charge in [0.15, 0.2) is 0 Å². The van der Waals surface area contributed by atoms with Crippen molar-refractivity contribution in [3.05, 3.63) is 54.1 Å². The minimum Gasteiger partial charge on any atom is -0.494 e. The molecule has 6 nitrogen and oxygen atoms in total. The van der Waals surface area contributed by atoms with E-state index in [1.54, 1.807) is 48.5 Å². The average molecular weight is 406 g/mol. The second-order valence-corrected chi connectivity index (χ2v) is 7.32. The van der Waals surface area contributed by atoms with Gasteiger partial charge in [-0.3, -0.25) is 9.59 Å². The standard InChI is InChI=1S/C21H27N3O3.ClH/c1-5-27-17-12-10-16(11-13-17)23-19(25)14-6-8-15(9-7-14)24-20(26)18(22)21(2,3)4;/h6-13,18H,5,22H2,1-4H3,(H,23,25)(H,24,26);1H/t18-;/m1./s1. The maximum atomic E-state index is 12.3. The highest BCUT2D eigenvalue weighted by Crippen LogP contribution is 2.20. The summed E-state index contributed by atoms with van der Waals surface area (Å²) in [5.74, 6) is 0.265. The van der Waals surface area contributed by atoms with Crippen molar-refractivity contribution in [1.82, 2.24) is 0 Å². The van der Waals surface area contributed by atoms with E-state index < -0.39 is 6.04 Å². The number of hydrogen-bond donors (Lipinski definition) is 3. The van der Waals surface area contributed by atoms with E-state index in [1.165, 1.54) is 0 Å². The van der Waals surface area contributed by atoms with Crippen molar-refractivity contribution in [1.29, 1.82) is 0 Å². The third-order valence-electron chi connectivity index (χ3n) is 4.05. The lowest BCUT2D eigenvalue weighted by atomic mass is 9.87. The first-order valence-corrected chi connectivity index (χ1v) is 8.91. The van der Waals surface area contributed by atoms with Gasteiger partial charge in [-0.1, -0.05) is 20.8 Å². The second kappa shape index (κ2) is 10.1. The number of carbonyl (C=O) groups is 2. The van der Waals surface area contributed by atoms with Crippen molar-refractivity contribution in [3.8, 4) is 5.75 Å². The minimum atomic E-state index is -0.625. The van der Waals surface area contributed by atoms with Gasteiger partial charge in [0.25, 0.3) is 5.91 Å². The van der Waals surface area contributed by atoms with Gasteiger partial charge in [0.05, 0.1) is 12.6 Å². The number of hydrogen-bond acceptors (Lipinski definition) is 4. The molecular formula is C21H28ClN3O3. The van der Waals surface area contributed by atoms with Crippen molar-refractivity contribution in [2.75, 3.05) is 17.2 Å². The molecule has 0 bridgehead atoms. The minimum absolute atomic E-state index is 0. The molecule has 0 aliphatic rings. The number of nitrogens with one attached hydrogen (secondary N) is 2. The summed E-state index contributed by atoms with van der Waals surface area (Å²) in [5, 5.41) is 5.60. The lowest BCUT2D eigenvalue weighted by Gasteiger charge is -2.25. The lowest BCUT2D eigenvalue weighted by molar-refractivity contribution is -0.119. The Morgan fingerprint density at radius 2 is 1.46 bits per heavy atom. The molecule has 0 heterocycles. The molecule has 0 unspecified atom stereocenters. The summed E-state index contributed by atoms with van der Waals surface area (Å²) in [6.07, 6.45) is 0. The van der Waals surface area contributed by atoms with Crippen molar-refractivity contribution < 1.29 is 14.3 Å². The Labute approximate surface area is 172 Å². The van der Waals surface area contributed by atoms with Crippen LogP contribution < -0.4 is 21.1 Å². The number of anilines is 2. The molecule has 0 saturated carbocycles. The maximum Gasteiger partial charge on any atom is 0.255 e. The lowest BCUT2D eigenvalue weighted by Crippen LogP contribution is -2.45. The molecule has 7 heteroatoms. The Morgan fingerprint density at radius 1 is 0.964 bits per heavy atom. The predicted molar refractivity (Wildman–Crippen MR) is 115 cm³/mol. The summed E-state index contributed by atoms with van der Waals surface area (Å²) >= 11 is 0. The molecule has 0 aliphatic heterocycles. The van der Waals surface area contributed by atoms with E-state index in [0.29, 0.717) is 23.5 Å². The summed E-state index contributed by atoms with van der Waals surface area (Å²) in [5.41, 5.74) is 7.38. The molecule has 0 fully saturated rings. The zero-order chi connectivity index (χ0) is 20.0. The first kappa shape index (κ1) is 23.5. The molecule has 2 rings (SSSR count). The van der Waals surface area contributed by atoms with Crippen LogP contribution in [-0.4, -0.2) is 24.5 Å². The molecule has 28 heavy (non-hydrogen) atoms. The van der Waals surface area contributed by atoms with E-state index in [0.717, 1.165) is 5.75 Å². The zero-order valence-corrected chi connectivity index (χ0v) is 17.4. The van der Waals surface area contributed by atoms with Gasteiger partial charge >= 0.3 is 0 Å². The molecule has 0 spiro atoms. The first-order chi connectivity index (χ1) is 12.7. The molecule has 152 valence electrons. The molecular weight excluding hydrogens is 378 g/mol. The van der Waals surface area contributed by atoms with Gasteiger partial charge in [0.1, 0.15) is 5.75 Å². The van der Waals surface area contributed by atoms with Gasteiger partial charge in [-0.25, -0.2) is 0 Å². The van der Waals surface area contributed by atoms with Gasteiger partial charge in [0, 0.05) is 16.9 Å². The van der Waals surface area contributed by atoms with Gasteiger partial charge in [0.2, 0.25) is 5.91 Å². The quantitative estimate of drug-likeness (QED) is 0.675. The number of ether oxygens (including phenoxy) is 1. The highest BCUT2D eigenvalue weighted by atomic mass is 35.5. The van der Waals surface area contributed by atoms with Gasteiger partial charge in [-0.2, -0.15) is 0 Å². The third-order valence-corrected chi connectivity index (χ3v) is 4.05. The van der Waals surface area contributed by atoms with E-state index >= 15 is 0 Å². The fourth-order valence-electron chi connectivity index (χ4n) is 2.32. The number of amides is 2. The summed E-state index contributed by atoms with van der Waals surface area (Å²) in [4.78, 5) is 24.5. The number of halogens is 1. The Hall–Kier alpha value is -2.57. The van der Waals surface area contributed by atoms with Crippen LogP contribution >= 0.6 is 12.4 Å². The number of rotatable bonds is 6. The topological polar surface area (TPSA) is 93.5 Å². The summed E-state index contributed by atoms with van der Waals surface area (Å²) < 4.78 is 5.38. The largest absolute Gasteiger partial charge is 0.494 e. The summed E-state index contributed by atoms with van der Waals surface area (Å²) in [7, 11) is 0. The maximum absolute atomic E-state index is 12.3. The predicted octanol–water partition coefficient (Wildman–Crippen LogP) is 4.07. The van der Waals surface area contributed by atoms with E-state index in [1.807, 2.05) is 27.7 Å². The van der Waals surface area contributed by atoms with E-state index in [2.05, 4.69) is 10.6 Å². The number of benzene rings is 2. The van der Waals surface area contributed by atoms with Crippen LogP contribution in [0.2, 0.25) is 0 Å². The fraction of sp³-hybridized carbons (Fsp3) is 0.333. The van der Waals surface area contributed by atoms with Crippen LogP contribution in [-0.2, 0) is 4.79 Å². The molecule has 4 N–H and O–H groups in total. The summed E-state index contributed by atoms with van der Waals surface area (Å²) in [6.45, 7) is 8.23. The molecule has 1 atom stereocenters. The van der Waals surface area contributed by atoms with Crippen molar-refractivity contribution in [2.24, 2.45) is 11.1 Å². The van der Waals surface area contributed by atoms with Crippen LogP contribution in [0.15, 0.2) is 48.5 Å². The molecule has 0 aromatic heterocycles. The third kappa shape index (κ3) is 6.55. The van der Waals surface area contributed by atoms with E-state index in [-0.39, 0.29) is 29.6 Å². The Kier molecular flexibility index (Phi) is 8.47.